The molecule has 0 aromatic heterocycles. The number of hydrogen-bond donors (Lipinski definition) is 5. The van der Waals surface area contributed by atoms with Crippen LogP contribution in [0.2, 0.25) is 0 Å². The highest BCUT2D eigenvalue weighted by Crippen LogP contribution is 2.25. The minimum Gasteiger partial charge on any atom is -0.394 e. The lowest BCUT2D eigenvalue weighted by Gasteiger charge is -2.24. The third-order valence-corrected chi connectivity index (χ3v) is 3.60. The largest absolute Gasteiger partial charge is 0.394 e. The average molecular weight is 310 g/mol. The number of aliphatic hydroxyl groups excluding tert-OH is 4. The molecule has 3 amide bonds. The van der Waals surface area contributed by atoms with Crippen molar-refractivity contribution in [2.24, 2.45) is 0 Å². The molecular formula is C14H18N2O6. The first-order valence-corrected chi connectivity index (χ1v) is 6.73. The summed E-state index contributed by atoms with van der Waals surface area (Å²) in [5.41, 5.74) is 1.06. The summed E-state index contributed by atoms with van der Waals surface area (Å²) in [7, 11) is 0. The van der Waals surface area contributed by atoms with E-state index in [9.17, 15) is 24.9 Å². The number of hydrogen-bond acceptors (Lipinski definition) is 6. The van der Waals surface area contributed by atoms with Crippen LogP contribution in [0.5, 0.6) is 0 Å². The Kier molecular flexibility index (Phi) is 4.77. The second-order valence-corrected chi connectivity index (χ2v) is 5.12. The number of carbonyl (C=O) groups is 2. The summed E-state index contributed by atoms with van der Waals surface area (Å²) in [4.78, 5) is 25.2. The SMILES string of the molecule is Cc1ccccc1N1C(=O)N[C@H]([C@@H](O)[C@H](O)[C@H](O)CO)C1=O. The number of amides is 3. The highest BCUT2D eigenvalue weighted by atomic mass is 16.4. The molecule has 8 heteroatoms. The van der Waals surface area contributed by atoms with Gasteiger partial charge in [-0.1, -0.05) is 18.2 Å². The third-order valence-electron chi connectivity index (χ3n) is 3.60. The smallest absolute Gasteiger partial charge is 0.329 e. The number of anilines is 1. The molecule has 120 valence electrons. The summed E-state index contributed by atoms with van der Waals surface area (Å²) in [6.07, 6.45) is -5.13. The molecule has 0 bridgehead atoms. The lowest BCUT2D eigenvalue weighted by molar-refractivity contribution is -0.127. The molecule has 0 aliphatic carbocycles. The Morgan fingerprint density at radius 1 is 1.23 bits per heavy atom. The molecule has 8 nitrogen and oxygen atoms in total. The van der Waals surface area contributed by atoms with Gasteiger partial charge < -0.3 is 25.7 Å². The predicted molar refractivity (Wildman–Crippen MR) is 76.1 cm³/mol. The number of rotatable bonds is 5. The normalized spacial score (nSPS) is 22.4. The Labute approximate surface area is 126 Å². The van der Waals surface area contributed by atoms with Crippen molar-refractivity contribution >= 4 is 17.6 Å². The summed E-state index contributed by atoms with van der Waals surface area (Å²) < 4.78 is 0. The summed E-state index contributed by atoms with van der Waals surface area (Å²) in [6, 6.07) is 4.60. The van der Waals surface area contributed by atoms with Gasteiger partial charge in [0.2, 0.25) is 0 Å². The Bertz CT molecular complexity index is 578. The zero-order valence-electron chi connectivity index (χ0n) is 11.9. The molecular weight excluding hydrogens is 292 g/mol. The van der Waals surface area contributed by atoms with Gasteiger partial charge in [0.05, 0.1) is 12.3 Å². The van der Waals surface area contributed by atoms with Crippen LogP contribution in [0.25, 0.3) is 0 Å². The third kappa shape index (κ3) is 2.81. The van der Waals surface area contributed by atoms with E-state index in [-0.39, 0.29) is 0 Å². The maximum absolute atomic E-state index is 12.4. The average Bonchev–Trinajstić information content (AvgIpc) is 2.80. The van der Waals surface area contributed by atoms with Crippen LogP contribution in [0.1, 0.15) is 5.56 Å². The zero-order valence-corrected chi connectivity index (χ0v) is 11.9. The monoisotopic (exact) mass is 310 g/mol. The van der Waals surface area contributed by atoms with E-state index in [1.54, 1.807) is 31.2 Å². The van der Waals surface area contributed by atoms with Crippen molar-refractivity contribution < 1.29 is 30.0 Å². The van der Waals surface area contributed by atoms with Crippen molar-refractivity contribution in [2.45, 2.75) is 31.3 Å². The Balaban J connectivity index is 2.24. The van der Waals surface area contributed by atoms with Gasteiger partial charge in [-0.15, -0.1) is 0 Å². The summed E-state index contributed by atoms with van der Waals surface area (Å²) in [5, 5.41) is 40.0. The number of para-hydroxylation sites is 1. The molecule has 0 saturated carbocycles. The fraction of sp³-hybridized carbons (Fsp3) is 0.429. The maximum atomic E-state index is 12.4. The van der Waals surface area contributed by atoms with E-state index in [0.717, 1.165) is 4.90 Å². The zero-order chi connectivity index (χ0) is 16.4. The van der Waals surface area contributed by atoms with E-state index in [1.165, 1.54) is 0 Å². The minimum atomic E-state index is -1.77. The van der Waals surface area contributed by atoms with Crippen molar-refractivity contribution in [1.82, 2.24) is 5.32 Å². The molecule has 1 aromatic carbocycles. The molecule has 2 rings (SSSR count). The van der Waals surface area contributed by atoms with E-state index in [0.29, 0.717) is 11.3 Å². The number of aliphatic hydroxyl groups is 4. The van der Waals surface area contributed by atoms with Gasteiger partial charge in [-0.05, 0) is 18.6 Å². The highest BCUT2D eigenvalue weighted by molar-refractivity contribution is 6.21. The first-order chi connectivity index (χ1) is 10.4. The lowest BCUT2D eigenvalue weighted by atomic mass is 10.0. The van der Waals surface area contributed by atoms with Crippen LogP contribution in [-0.2, 0) is 4.79 Å². The molecule has 1 heterocycles. The molecule has 22 heavy (non-hydrogen) atoms. The van der Waals surface area contributed by atoms with Gasteiger partial charge in [0.1, 0.15) is 24.4 Å². The fourth-order valence-corrected chi connectivity index (χ4v) is 2.31. The molecule has 5 N–H and O–H groups in total. The number of carbonyl (C=O) groups excluding carboxylic acids is 2. The molecule has 0 unspecified atom stereocenters. The fourth-order valence-electron chi connectivity index (χ4n) is 2.31. The molecule has 0 radical (unpaired) electrons. The van der Waals surface area contributed by atoms with Crippen LogP contribution in [0.15, 0.2) is 24.3 Å². The maximum Gasteiger partial charge on any atom is 0.329 e. The first kappa shape index (κ1) is 16.4. The summed E-state index contributed by atoms with van der Waals surface area (Å²) in [6.45, 7) is 0.943. The van der Waals surface area contributed by atoms with E-state index >= 15 is 0 Å². The van der Waals surface area contributed by atoms with Crippen molar-refractivity contribution in [3.63, 3.8) is 0 Å². The Morgan fingerprint density at radius 2 is 1.86 bits per heavy atom. The number of nitrogens with zero attached hydrogens (tertiary/aromatic N) is 1. The lowest BCUT2D eigenvalue weighted by Crippen LogP contribution is -2.52. The van der Waals surface area contributed by atoms with Gasteiger partial charge in [0, 0.05) is 0 Å². The summed E-state index contributed by atoms with van der Waals surface area (Å²) in [5.74, 6) is -0.740. The number of aryl methyl sites for hydroxylation is 1. The van der Waals surface area contributed by atoms with E-state index in [2.05, 4.69) is 5.32 Å². The van der Waals surface area contributed by atoms with Gasteiger partial charge in [-0.25, -0.2) is 9.69 Å². The molecule has 1 aliphatic rings. The number of urea groups is 1. The second-order valence-electron chi connectivity index (χ2n) is 5.12. The highest BCUT2D eigenvalue weighted by Gasteiger charge is 2.46. The number of nitrogens with one attached hydrogen (secondary N) is 1. The Hall–Kier alpha value is -2.00. The molecule has 4 atom stereocenters. The van der Waals surface area contributed by atoms with Crippen molar-refractivity contribution in [3.05, 3.63) is 29.8 Å². The van der Waals surface area contributed by atoms with Crippen LogP contribution in [-0.4, -0.2) is 63.3 Å². The molecule has 1 fully saturated rings. The van der Waals surface area contributed by atoms with E-state index < -0.39 is 42.9 Å². The Morgan fingerprint density at radius 3 is 2.45 bits per heavy atom. The van der Waals surface area contributed by atoms with Gasteiger partial charge in [-0.2, -0.15) is 0 Å². The van der Waals surface area contributed by atoms with Crippen molar-refractivity contribution in [1.29, 1.82) is 0 Å². The van der Waals surface area contributed by atoms with Crippen LogP contribution >= 0.6 is 0 Å². The number of benzene rings is 1. The molecule has 1 saturated heterocycles. The van der Waals surface area contributed by atoms with Crippen molar-refractivity contribution in [2.75, 3.05) is 11.5 Å². The van der Waals surface area contributed by atoms with Gasteiger partial charge in [0.15, 0.2) is 0 Å². The predicted octanol–water partition coefficient (Wildman–Crippen LogP) is -1.51. The first-order valence-electron chi connectivity index (χ1n) is 6.73. The standard InChI is InChI=1S/C14H18N2O6/c1-7-4-2-3-5-8(7)16-13(21)10(15-14(16)22)12(20)11(19)9(18)6-17/h2-5,9-12,17-20H,6H2,1H3,(H,15,22)/t9-,10-,11-,12-/m1/s1. The second kappa shape index (κ2) is 6.41. The molecule has 0 spiro atoms. The topological polar surface area (TPSA) is 130 Å². The quantitative estimate of drug-likeness (QED) is 0.421. The number of imide groups is 1. The van der Waals surface area contributed by atoms with Crippen LogP contribution in [0.3, 0.4) is 0 Å². The minimum absolute atomic E-state index is 0.372. The van der Waals surface area contributed by atoms with E-state index in [1.807, 2.05) is 0 Å². The van der Waals surface area contributed by atoms with Crippen molar-refractivity contribution in [3.8, 4) is 0 Å². The molecule has 1 aliphatic heterocycles. The van der Waals surface area contributed by atoms with E-state index in [4.69, 9.17) is 5.11 Å². The van der Waals surface area contributed by atoms with Gasteiger partial charge in [0.25, 0.3) is 5.91 Å². The van der Waals surface area contributed by atoms with Gasteiger partial charge >= 0.3 is 6.03 Å². The van der Waals surface area contributed by atoms with Gasteiger partial charge in [-0.3, -0.25) is 4.79 Å². The van der Waals surface area contributed by atoms with Crippen LogP contribution < -0.4 is 10.2 Å². The van der Waals surface area contributed by atoms with Crippen LogP contribution in [0.4, 0.5) is 10.5 Å². The molecule has 1 aromatic rings. The van der Waals surface area contributed by atoms with Crippen LogP contribution in [0, 0.1) is 6.92 Å². The summed E-state index contributed by atoms with van der Waals surface area (Å²) >= 11 is 0.